The first kappa shape index (κ1) is 108. The molecule has 8 amide bonds. The molecule has 0 radical (unpaired) electrons. The lowest BCUT2D eigenvalue weighted by molar-refractivity contribution is -0.152. The average molecular weight is 2030 g/mol. The Balaban J connectivity index is 0.000000178. The molecule has 0 spiro atoms. The van der Waals surface area contributed by atoms with Crippen LogP contribution in [0.1, 0.15) is 222 Å². The van der Waals surface area contributed by atoms with Crippen LogP contribution in [0.4, 0.5) is 14.4 Å². The minimum atomic E-state index is -3.90. The summed E-state index contributed by atoms with van der Waals surface area (Å²) in [5.74, 6) is -4.33. The van der Waals surface area contributed by atoms with E-state index in [-0.39, 0.29) is 93.8 Å². The Morgan fingerprint density at radius 1 is 0.471 bits per heavy atom. The fourth-order valence-corrected chi connectivity index (χ4v) is 21.1. The topological polar surface area (TPSA) is 420 Å². The number of sulfonamides is 1. The van der Waals surface area contributed by atoms with Crippen LogP contribution in [0.5, 0.6) is 0 Å². The monoisotopic (exact) mass is 2020 g/mol. The molecule has 4 aliphatic heterocycles. The molecule has 6 aromatic rings. The highest BCUT2D eigenvalue weighted by Crippen LogP contribution is 2.49. The van der Waals surface area contributed by atoms with E-state index in [0.717, 1.165) is 126 Å². The smallest absolute Gasteiger partial charge is 0.467 e. The average Bonchev–Trinajstić information content (AvgIpc) is 1.55. The van der Waals surface area contributed by atoms with Crippen molar-refractivity contribution in [2.45, 2.75) is 299 Å². The number of nitrogens with zero attached hydrogens (tertiary/aromatic N) is 9. The second-order valence-corrected chi connectivity index (χ2v) is 45.5. The predicted octanol–water partition coefficient (Wildman–Crippen LogP) is 11.9. The summed E-state index contributed by atoms with van der Waals surface area (Å²) in [7, 11) is 8.66. The fraction of sp³-hybridized carbons (Fsp3) is 0.614. The highest BCUT2D eigenvalue weighted by Gasteiger charge is 2.64. The lowest BCUT2D eigenvalue weighted by atomic mass is 9.82. The molecule has 39 heteroatoms. The van der Waals surface area contributed by atoms with Crippen molar-refractivity contribution in [1.82, 2.24) is 70.0 Å². The Morgan fingerprint density at radius 3 is 1.09 bits per heavy atom. The molecule has 5 N–H and O–H groups in total. The maximum absolute atomic E-state index is 14.7. The number of carbonyl (C=O) groups is 10. The zero-order valence-corrected chi connectivity index (χ0v) is 87.1. The van der Waals surface area contributed by atoms with Crippen LogP contribution >= 0.6 is 15.9 Å². The zero-order chi connectivity index (χ0) is 102. The number of nitrogens with one attached hydrogen (secondary N) is 5. The number of alkyl carbamates (subject to hydrolysis) is 3. The van der Waals surface area contributed by atoms with E-state index in [4.69, 9.17) is 47.2 Å². The first-order valence-corrected chi connectivity index (χ1v) is 50.6. The number of benzene rings is 3. The van der Waals surface area contributed by atoms with Gasteiger partial charge in [0.15, 0.2) is 0 Å². The Kier molecular flexibility index (Phi) is 33.8. The second kappa shape index (κ2) is 43.7. The number of likely N-dealkylation sites (tertiary alicyclic amines) is 3. The first-order valence-electron chi connectivity index (χ1n) is 48.3. The molecule has 36 nitrogen and oxygen atoms in total. The summed E-state index contributed by atoms with van der Waals surface area (Å²) in [4.78, 5) is 139. The van der Waals surface area contributed by atoms with Gasteiger partial charge in [0.1, 0.15) is 76.9 Å². The summed E-state index contributed by atoms with van der Waals surface area (Å²) in [5.41, 5.74) is 0.0294. The van der Waals surface area contributed by atoms with Gasteiger partial charge in [0, 0.05) is 114 Å². The highest BCUT2D eigenvalue weighted by atomic mass is 79.9. The van der Waals surface area contributed by atoms with E-state index in [1.165, 1.54) is 42.1 Å². The summed E-state index contributed by atoms with van der Waals surface area (Å²) < 4.78 is 90.6. The quantitative estimate of drug-likeness (QED) is 0.0146. The number of methoxy groups -OCH3 is 5. The number of aryl methyl sites for hydroxylation is 3. The van der Waals surface area contributed by atoms with Crippen molar-refractivity contribution in [2.75, 3.05) is 55.2 Å². The number of amides is 8. The third kappa shape index (κ3) is 25.0. The van der Waals surface area contributed by atoms with E-state index < -0.39 is 144 Å². The first-order chi connectivity index (χ1) is 65.8. The largest absolute Gasteiger partial charge is 0.498 e. The molecule has 764 valence electrons. The summed E-state index contributed by atoms with van der Waals surface area (Å²) in [5, 5.41) is 23.2. The molecule has 7 heterocycles. The molecule has 0 bridgehead atoms. The molecule has 5 aliphatic carbocycles. The number of esters is 2. The van der Waals surface area contributed by atoms with Gasteiger partial charge in [-0.3, -0.25) is 42.7 Å². The van der Waals surface area contributed by atoms with Crippen molar-refractivity contribution >= 4 is 98.3 Å². The highest BCUT2D eigenvalue weighted by molar-refractivity contribution is 9.10. The third-order valence-corrected chi connectivity index (χ3v) is 31.2. The van der Waals surface area contributed by atoms with Crippen LogP contribution < -0.4 is 31.5 Å². The van der Waals surface area contributed by atoms with E-state index >= 15 is 0 Å². The number of halogens is 1. The van der Waals surface area contributed by atoms with Gasteiger partial charge in [0.25, 0.3) is 5.91 Å². The molecular formula is C101H142BBrN14O22S. The maximum atomic E-state index is 14.7. The number of aromatic nitrogens is 6. The summed E-state index contributed by atoms with van der Waals surface area (Å²) in [6.07, 6.45) is 22.6. The number of hydrogen-bond acceptors (Lipinski definition) is 25. The zero-order valence-electron chi connectivity index (χ0n) is 84.7. The molecule has 11 atom stereocenters. The number of ether oxygens (including phenoxy) is 8. The van der Waals surface area contributed by atoms with E-state index in [0.29, 0.717) is 12.8 Å². The van der Waals surface area contributed by atoms with Crippen molar-refractivity contribution in [1.29, 1.82) is 0 Å². The lowest BCUT2D eigenvalue weighted by Crippen LogP contribution is -2.60. The second-order valence-electron chi connectivity index (χ2n) is 42.7. The van der Waals surface area contributed by atoms with Gasteiger partial charge in [-0.1, -0.05) is 145 Å². The predicted molar refractivity (Wildman–Crippen MR) is 525 cm³/mol. The van der Waals surface area contributed by atoms with Gasteiger partial charge < -0.3 is 83.2 Å². The Labute approximate surface area is 830 Å². The van der Waals surface area contributed by atoms with E-state index in [1.54, 1.807) is 46.9 Å². The molecule has 9 fully saturated rings. The van der Waals surface area contributed by atoms with E-state index in [2.05, 4.69) is 63.8 Å². The molecule has 5 saturated carbocycles. The summed E-state index contributed by atoms with van der Waals surface area (Å²) in [6, 6.07) is 17.3. The van der Waals surface area contributed by atoms with Gasteiger partial charge in [-0.2, -0.15) is 15.3 Å². The number of carbonyl (C=O) groups excluding carboxylic acids is 10. The molecule has 3 aromatic carbocycles. The van der Waals surface area contributed by atoms with Crippen LogP contribution in [0.2, 0.25) is 0 Å². The molecular weight excluding hydrogens is 1880 g/mol. The van der Waals surface area contributed by atoms with Gasteiger partial charge in [0.2, 0.25) is 33.7 Å². The van der Waals surface area contributed by atoms with Crippen LogP contribution in [-0.4, -0.2) is 251 Å². The third-order valence-electron chi connectivity index (χ3n) is 28.9. The van der Waals surface area contributed by atoms with Crippen molar-refractivity contribution in [3.8, 4) is 22.3 Å². The normalized spacial score (nSPS) is 24.6. The molecule has 4 saturated heterocycles. The van der Waals surface area contributed by atoms with Crippen LogP contribution in [0, 0.1) is 22.2 Å². The Morgan fingerprint density at radius 2 is 0.800 bits per heavy atom. The maximum Gasteiger partial charge on any atom is 0.498 e. The van der Waals surface area contributed by atoms with Crippen LogP contribution in [0.15, 0.2) is 127 Å². The van der Waals surface area contributed by atoms with E-state index in [1.807, 2.05) is 203 Å². The number of rotatable bonds is 26. The van der Waals surface area contributed by atoms with Gasteiger partial charge in [-0.05, 0) is 180 Å². The van der Waals surface area contributed by atoms with Gasteiger partial charge in [-0.15, -0.1) is 6.58 Å². The van der Waals surface area contributed by atoms with Gasteiger partial charge in [0.05, 0.1) is 62.7 Å². The van der Waals surface area contributed by atoms with E-state index in [9.17, 15) is 56.4 Å². The van der Waals surface area contributed by atoms with Gasteiger partial charge in [-0.25, -0.2) is 32.4 Å². The van der Waals surface area contributed by atoms with Crippen molar-refractivity contribution in [3.63, 3.8) is 0 Å². The molecule has 15 rings (SSSR count). The Hall–Kier alpha value is -10.6. The Bertz CT molecular complexity index is 5520. The minimum absolute atomic E-state index is 0.0214. The van der Waals surface area contributed by atoms with Crippen LogP contribution in [-0.2, 0) is 129 Å². The van der Waals surface area contributed by atoms with Crippen molar-refractivity contribution < 1.29 is 104 Å². The SMILES string of the molecule is C=CC1C[C@]1(NC(=O)[C@@H]1C[C@@](OC)(c2ccc(-c3cnn(C)c3)cc2)CN1C(=O)[C@@H](NC(=O)OC1CCCC1)C(C)(C)C)C(=O)NS(=O)(=O)C1CC1.COC(=O)[C@@H]1C[C@@](OC)(c2ccc(-c3cnn(C)c3)cc2)CN1C(=O)[C@@H](NC(=O)OC1CCCC1)C(C)(C)C.COC(=O)[C@@H]1C[C@@](OC)(c2ccc(Br)cc2)CN1C(=O)[C@@H](NC(=O)OC1CCCC1)C(C)(C)C.Cn1cc(B2OC(C)(C)C(C)(C)O2)cn1. The van der Waals surface area contributed by atoms with Crippen molar-refractivity contribution in [2.24, 2.45) is 43.3 Å². The van der Waals surface area contributed by atoms with Crippen molar-refractivity contribution in [3.05, 3.63) is 144 Å². The van der Waals surface area contributed by atoms with Crippen LogP contribution in [0.25, 0.3) is 22.3 Å². The standard InChI is InChI=1S/C37H50N6O8S.C29H40N4O6.C25H35BrN2O6.C10H17BN2O2/c1-7-25-18-37(25,33(46)41-52(48,49)28-16-17-28)40-31(44)29-19-36(50-6,26-14-12-23(13-15-26)24-20-38-42(5)21-24)22-43(29)32(45)30(35(2,3)4)39-34(47)51-27-10-8-9-11-27;1-28(2,3)24(31-27(36)39-22-9-7-8-10-22)25(34)33-18-29(38-6,15-23(33)26(35)37-5)21-13-11-19(12-14-21)20-16-30-32(4)17-20;1-24(2,3)20(27-23(31)34-18-8-6-7-9-18)21(29)28-15-25(33-5,14-19(28)22(30)32-4)16-10-12-17(26)13-11-16;1-9(2)10(3,4)15-11(14-9)8-6-12-13(5)7-8/h7,12-15,20-21,25,27-30H,1,8-11,16-19,22H2,2-6H3,(H,39,47)(H,40,44)(H,41,46);11-14,16-17,22-24H,7-10,15,18H2,1-6H3,(H,31,36);10-13,18-20H,6-9,14-15H2,1-5H3,(H,27,31);6-7H,1-5H3/t25?,29-,30+,36-,37+;23-,24+,29-;19-,20+,25-;/m000./s1. The molecule has 3 aromatic heterocycles. The lowest BCUT2D eigenvalue weighted by Gasteiger charge is -2.36. The number of hydrogen-bond donors (Lipinski definition) is 5. The molecule has 1 unspecified atom stereocenters. The fourth-order valence-electron chi connectivity index (χ4n) is 19.4. The molecule has 9 aliphatic rings. The molecule has 140 heavy (non-hydrogen) atoms. The summed E-state index contributed by atoms with van der Waals surface area (Å²) >= 11 is 3.44. The van der Waals surface area contributed by atoms with Crippen LogP contribution in [0.3, 0.4) is 0 Å². The van der Waals surface area contributed by atoms with Gasteiger partial charge >= 0.3 is 37.3 Å². The minimum Gasteiger partial charge on any atom is -0.467 e. The summed E-state index contributed by atoms with van der Waals surface area (Å²) in [6.45, 7) is 28.9.